The Morgan fingerprint density at radius 2 is 2.05 bits per heavy atom. The van der Waals surface area contributed by atoms with Gasteiger partial charge >= 0.3 is 0 Å². The van der Waals surface area contributed by atoms with Crippen LogP contribution < -0.4 is 11.5 Å². The highest BCUT2D eigenvalue weighted by atomic mass is 16.3. The first kappa shape index (κ1) is 13.0. The molecule has 5 N–H and O–H groups in total. The maximum Gasteiger partial charge on any atom is 0.164 e. The van der Waals surface area contributed by atoms with Crippen LogP contribution >= 0.6 is 0 Å². The third kappa shape index (κ3) is 1.90. The zero-order valence-corrected chi connectivity index (χ0v) is 11.9. The van der Waals surface area contributed by atoms with Crippen LogP contribution in [0, 0.1) is 0 Å². The first-order valence-electron chi connectivity index (χ1n) is 7.17. The van der Waals surface area contributed by atoms with Crippen LogP contribution in [0.1, 0.15) is 24.4 Å². The Kier molecular flexibility index (Phi) is 2.77. The van der Waals surface area contributed by atoms with E-state index in [2.05, 4.69) is 9.97 Å². The predicted octanol–water partition coefficient (Wildman–Crippen LogP) is 1.48. The molecule has 1 aliphatic rings. The third-order valence-corrected chi connectivity index (χ3v) is 4.00. The number of aliphatic hydroxyl groups excluding tert-OH is 1. The smallest absolute Gasteiger partial charge is 0.164 e. The summed E-state index contributed by atoms with van der Waals surface area (Å²) in [5.41, 5.74) is 15.5. The van der Waals surface area contributed by atoms with Crippen molar-refractivity contribution in [3.05, 3.63) is 30.1 Å². The molecule has 7 heteroatoms. The molecular formula is C15H16N6O. The zero-order chi connectivity index (χ0) is 15.3. The highest BCUT2D eigenvalue weighted by Gasteiger charge is 2.29. The van der Waals surface area contributed by atoms with E-state index >= 15 is 0 Å². The van der Waals surface area contributed by atoms with Crippen LogP contribution in [0.25, 0.3) is 22.3 Å². The summed E-state index contributed by atoms with van der Waals surface area (Å²) in [6.07, 6.45) is 3.66. The number of hydrogen-bond acceptors (Lipinski definition) is 6. The number of aromatic nitrogens is 4. The van der Waals surface area contributed by atoms with Gasteiger partial charge in [-0.25, -0.2) is 14.6 Å². The van der Waals surface area contributed by atoms with Crippen LogP contribution in [0.15, 0.2) is 24.5 Å². The lowest BCUT2D eigenvalue weighted by molar-refractivity contribution is 0.282. The highest BCUT2D eigenvalue weighted by Crippen LogP contribution is 2.40. The maximum absolute atomic E-state index is 9.41. The lowest BCUT2D eigenvalue weighted by Gasteiger charge is -2.05. The number of hydrogen-bond donors (Lipinski definition) is 3. The van der Waals surface area contributed by atoms with Gasteiger partial charge in [-0.05, 0) is 25.0 Å². The van der Waals surface area contributed by atoms with Crippen LogP contribution in [0.3, 0.4) is 0 Å². The van der Waals surface area contributed by atoms with Crippen LogP contribution in [0.5, 0.6) is 0 Å². The molecule has 0 radical (unpaired) electrons. The maximum atomic E-state index is 9.41. The van der Waals surface area contributed by atoms with Crippen LogP contribution in [0.4, 0.5) is 11.5 Å². The number of rotatable bonds is 3. The first-order valence-corrected chi connectivity index (χ1v) is 7.17. The molecule has 0 bridgehead atoms. The van der Waals surface area contributed by atoms with Gasteiger partial charge in [0.25, 0.3) is 0 Å². The van der Waals surface area contributed by atoms with Gasteiger partial charge in [0.05, 0.1) is 18.0 Å². The lowest BCUT2D eigenvalue weighted by Crippen LogP contribution is -1.98. The van der Waals surface area contributed by atoms with Gasteiger partial charge in [0.2, 0.25) is 0 Å². The average Bonchev–Trinajstić information content (AvgIpc) is 3.29. The molecule has 1 fully saturated rings. The van der Waals surface area contributed by atoms with Gasteiger partial charge in [-0.1, -0.05) is 6.07 Å². The zero-order valence-electron chi connectivity index (χ0n) is 11.9. The molecule has 3 aromatic rings. The summed E-state index contributed by atoms with van der Waals surface area (Å²) in [6, 6.07) is 5.86. The van der Waals surface area contributed by atoms with Crippen molar-refractivity contribution in [3.63, 3.8) is 0 Å². The van der Waals surface area contributed by atoms with Crippen molar-refractivity contribution in [1.29, 1.82) is 0 Å². The average molecular weight is 296 g/mol. The van der Waals surface area contributed by atoms with Gasteiger partial charge in [-0.2, -0.15) is 5.10 Å². The molecule has 112 valence electrons. The molecular weight excluding hydrogens is 280 g/mol. The van der Waals surface area contributed by atoms with Crippen LogP contribution in [0.2, 0.25) is 0 Å². The molecule has 0 spiro atoms. The molecule has 1 aliphatic carbocycles. The van der Waals surface area contributed by atoms with Crippen molar-refractivity contribution in [1.82, 2.24) is 19.7 Å². The summed E-state index contributed by atoms with van der Waals surface area (Å²) in [7, 11) is 0. The molecule has 2 heterocycles. The molecule has 22 heavy (non-hydrogen) atoms. The Balaban J connectivity index is 1.98. The van der Waals surface area contributed by atoms with Gasteiger partial charge < -0.3 is 16.6 Å². The molecule has 0 amide bonds. The number of anilines is 2. The number of nitrogens with zero attached hydrogens (tertiary/aromatic N) is 4. The van der Waals surface area contributed by atoms with Crippen molar-refractivity contribution < 1.29 is 5.11 Å². The van der Waals surface area contributed by atoms with E-state index in [9.17, 15) is 5.11 Å². The van der Waals surface area contributed by atoms with Crippen molar-refractivity contribution in [2.24, 2.45) is 0 Å². The van der Waals surface area contributed by atoms with Crippen molar-refractivity contribution in [2.75, 3.05) is 11.5 Å². The Morgan fingerprint density at radius 1 is 1.23 bits per heavy atom. The SMILES string of the molecule is Nc1ccc(-c2nn(C3CC3)c3ncnc(N)c23)cc1CO. The van der Waals surface area contributed by atoms with Crippen LogP contribution in [-0.4, -0.2) is 24.9 Å². The summed E-state index contributed by atoms with van der Waals surface area (Å²) in [6.45, 7) is -0.118. The number of aliphatic hydroxyl groups is 1. The molecule has 0 aliphatic heterocycles. The van der Waals surface area contributed by atoms with E-state index in [4.69, 9.17) is 16.6 Å². The topological polar surface area (TPSA) is 116 Å². The van der Waals surface area contributed by atoms with Crippen molar-refractivity contribution in [3.8, 4) is 11.3 Å². The van der Waals surface area contributed by atoms with E-state index in [-0.39, 0.29) is 6.61 Å². The van der Waals surface area contributed by atoms with E-state index < -0.39 is 0 Å². The van der Waals surface area contributed by atoms with E-state index in [0.717, 1.165) is 35.1 Å². The van der Waals surface area contributed by atoms with E-state index in [1.807, 2.05) is 16.8 Å². The summed E-state index contributed by atoms with van der Waals surface area (Å²) in [4.78, 5) is 8.43. The second-order valence-corrected chi connectivity index (χ2v) is 5.55. The highest BCUT2D eigenvalue weighted by molar-refractivity contribution is 5.98. The molecule has 1 saturated carbocycles. The number of benzene rings is 1. The fourth-order valence-electron chi connectivity index (χ4n) is 2.66. The third-order valence-electron chi connectivity index (χ3n) is 4.00. The minimum absolute atomic E-state index is 0.118. The Labute approximate surface area is 126 Å². The molecule has 7 nitrogen and oxygen atoms in total. The number of nitrogens with two attached hydrogens (primary N) is 2. The van der Waals surface area contributed by atoms with Gasteiger partial charge in [0.1, 0.15) is 17.8 Å². The van der Waals surface area contributed by atoms with Crippen LogP contribution in [-0.2, 0) is 6.61 Å². The second-order valence-electron chi connectivity index (χ2n) is 5.55. The fraction of sp³-hybridized carbons (Fsp3) is 0.267. The van der Waals surface area contributed by atoms with Gasteiger partial charge in [0.15, 0.2) is 5.65 Å². The van der Waals surface area contributed by atoms with Gasteiger partial charge in [-0.15, -0.1) is 0 Å². The molecule has 4 rings (SSSR count). The van der Waals surface area contributed by atoms with Crippen molar-refractivity contribution in [2.45, 2.75) is 25.5 Å². The summed E-state index contributed by atoms with van der Waals surface area (Å²) in [5, 5.41) is 14.9. The monoisotopic (exact) mass is 296 g/mol. The summed E-state index contributed by atoms with van der Waals surface area (Å²) < 4.78 is 1.93. The van der Waals surface area contributed by atoms with E-state index in [0.29, 0.717) is 23.1 Å². The first-order chi connectivity index (χ1) is 10.7. The molecule has 0 saturated heterocycles. The minimum atomic E-state index is -0.118. The number of fused-ring (bicyclic) bond motifs is 1. The lowest BCUT2D eigenvalue weighted by atomic mass is 10.0. The Bertz CT molecular complexity index is 868. The Hall–Kier alpha value is -2.67. The van der Waals surface area contributed by atoms with Crippen molar-refractivity contribution >= 4 is 22.5 Å². The molecule has 0 atom stereocenters. The molecule has 2 aromatic heterocycles. The minimum Gasteiger partial charge on any atom is -0.398 e. The van der Waals surface area contributed by atoms with E-state index in [1.54, 1.807) is 6.07 Å². The summed E-state index contributed by atoms with van der Waals surface area (Å²) in [5.74, 6) is 0.411. The summed E-state index contributed by atoms with van der Waals surface area (Å²) >= 11 is 0. The van der Waals surface area contributed by atoms with Gasteiger partial charge in [0, 0.05) is 16.8 Å². The largest absolute Gasteiger partial charge is 0.398 e. The molecule has 1 aromatic carbocycles. The standard InChI is InChI=1S/C15H16N6O/c16-11-4-1-8(5-9(11)6-22)13-12-14(17)18-7-19-15(12)21(20-13)10-2-3-10/h1,4-5,7,10,22H,2-3,6,16H2,(H2,17,18,19). The van der Waals surface area contributed by atoms with E-state index in [1.165, 1.54) is 6.33 Å². The second kappa shape index (κ2) is 4.67. The predicted molar refractivity (Wildman–Crippen MR) is 83.8 cm³/mol. The van der Waals surface area contributed by atoms with Gasteiger partial charge in [-0.3, -0.25) is 0 Å². The molecule has 0 unspecified atom stereocenters. The number of nitrogen functional groups attached to an aromatic ring is 2. The fourth-order valence-corrected chi connectivity index (χ4v) is 2.66. The normalized spacial score (nSPS) is 14.6. The Morgan fingerprint density at radius 3 is 2.77 bits per heavy atom. The quantitative estimate of drug-likeness (QED) is 0.630.